The largest absolute Gasteiger partial charge is 0.392 e. The van der Waals surface area contributed by atoms with Crippen LogP contribution in [0, 0.1) is 5.92 Å². The molecule has 1 aliphatic carbocycles. The molecule has 2 heteroatoms. The molecule has 0 bridgehead atoms. The van der Waals surface area contributed by atoms with Crippen LogP contribution in [0.25, 0.3) is 0 Å². The highest BCUT2D eigenvalue weighted by Crippen LogP contribution is 2.31. The molecule has 2 rings (SSSR count). The van der Waals surface area contributed by atoms with E-state index in [2.05, 4.69) is 11.8 Å². The molecule has 0 aromatic carbocycles. The van der Waals surface area contributed by atoms with Crippen molar-refractivity contribution in [1.29, 1.82) is 0 Å². The van der Waals surface area contributed by atoms with Gasteiger partial charge in [-0.1, -0.05) is 13.3 Å². The van der Waals surface area contributed by atoms with Crippen molar-refractivity contribution in [3.63, 3.8) is 0 Å². The Hall–Kier alpha value is -0.0800. The van der Waals surface area contributed by atoms with Crippen LogP contribution < -0.4 is 0 Å². The molecule has 0 aromatic heterocycles. The molecule has 70 valence electrons. The van der Waals surface area contributed by atoms with Gasteiger partial charge in [0.2, 0.25) is 0 Å². The monoisotopic (exact) mass is 169 g/mol. The Kier molecular flexibility index (Phi) is 2.37. The van der Waals surface area contributed by atoms with Gasteiger partial charge >= 0.3 is 0 Å². The molecular weight excluding hydrogens is 150 g/mol. The Morgan fingerprint density at radius 2 is 2.08 bits per heavy atom. The Morgan fingerprint density at radius 3 is 2.58 bits per heavy atom. The van der Waals surface area contributed by atoms with Crippen LogP contribution in [0.2, 0.25) is 0 Å². The van der Waals surface area contributed by atoms with E-state index in [0.29, 0.717) is 0 Å². The van der Waals surface area contributed by atoms with Gasteiger partial charge in [0, 0.05) is 19.1 Å². The minimum atomic E-state index is -0.0437. The first-order chi connectivity index (χ1) is 5.77. The van der Waals surface area contributed by atoms with Crippen LogP contribution in [-0.2, 0) is 0 Å². The van der Waals surface area contributed by atoms with Gasteiger partial charge in [0.15, 0.2) is 0 Å². The third kappa shape index (κ3) is 1.50. The Balaban J connectivity index is 1.91. The minimum absolute atomic E-state index is 0.0437. The number of rotatable bonds is 1. The summed E-state index contributed by atoms with van der Waals surface area (Å²) < 4.78 is 0. The molecule has 0 radical (unpaired) electrons. The van der Waals surface area contributed by atoms with Gasteiger partial charge in [0.1, 0.15) is 0 Å². The van der Waals surface area contributed by atoms with Crippen LogP contribution in [0.4, 0.5) is 0 Å². The summed E-state index contributed by atoms with van der Waals surface area (Å²) in [5.41, 5.74) is 0. The fourth-order valence-electron chi connectivity index (χ4n) is 2.74. The summed E-state index contributed by atoms with van der Waals surface area (Å²) in [4.78, 5) is 2.49. The molecule has 0 spiro atoms. The van der Waals surface area contributed by atoms with Gasteiger partial charge in [0.05, 0.1) is 6.10 Å². The van der Waals surface area contributed by atoms with Gasteiger partial charge in [-0.05, 0) is 25.2 Å². The highest BCUT2D eigenvalue weighted by Gasteiger charge is 2.32. The van der Waals surface area contributed by atoms with E-state index in [-0.39, 0.29) is 6.10 Å². The first-order valence-corrected chi connectivity index (χ1v) is 5.19. The molecule has 1 heterocycles. The van der Waals surface area contributed by atoms with Crippen molar-refractivity contribution in [3.8, 4) is 0 Å². The highest BCUT2D eigenvalue weighted by atomic mass is 16.3. The molecule has 3 atom stereocenters. The molecule has 1 saturated carbocycles. The number of β-amino-alcohol motifs (C(OH)–C–C–N with tert-alkyl or cyclic N) is 1. The number of hydrogen-bond acceptors (Lipinski definition) is 2. The molecule has 12 heavy (non-hydrogen) atoms. The Labute approximate surface area is 74.6 Å². The predicted octanol–water partition coefficient (Wildman–Crippen LogP) is 1.24. The lowest BCUT2D eigenvalue weighted by atomic mass is 10.1. The maximum atomic E-state index is 9.40. The van der Waals surface area contributed by atoms with E-state index in [1.165, 1.54) is 19.3 Å². The summed E-state index contributed by atoms with van der Waals surface area (Å²) in [6.07, 6.45) is 5.07. The normalized spacial score (nSPS) is 44.0. The van der Waals surface area contributed by atoms with E-state index in [1.54, 1.807) is 0 Å². The van der Waals surface area contributed by atoms with Crippen molar-refractivity contribution in [1.82, 2.24) is 4.90 Å². The van der Waals surface area contributed by atoms with Gasteiger partial charge in [-0.3, -0.25) is 4.90 Å². The highest BCUT2D eigenvalue weighted by molar-refractivity contribution is 4.87. The quantitative estimate of drug-likeness (QED) is 0.638. The maximum absolute atomic E-state index is 9.40. The third-order valence-electron chi connectivity index (χ3n) is 3.48. The van der Waals surface area contributed by atoms with Gasteiger partial charge in [-0.15, -0.1) is 0 Å². The third-order valence-corrected chi connectivity index (χ3v) is 3.48. The van der Waals surface area contributed by atoms with Crippen LogP contribution in [0.15, 0.2) is 0 Å². The SMILES string of the molecule is CC1CCCC1N1CC[C@H](O)C1. The molecular formula is C10H19NO. The molecule has 2 unspecified atom stereocenters. The number of aliphatic hydroxyl groups is 1. The number of hydrogen-bond donors (Lipinski definition) is 1. The summed E-state index contributed by atoms with van der Waals surface area (Å²) in [5.74, 6) is 0.857. The van der Waals surface area contributed by atoms with Gasteiger partial charge in [-0.2, -0.15) is 0 Å². The number of nitrogens with zero attached hydrogens (tertiary/aromatic N) is 1. The lowest BCUT2D eigenvalue weighted by Gasteiger charge is -2.26. The minimum Gasteiger partial charge on any atom is -0.392 e. The summed E-state index contributed by atoms with van der Waals surface area (Å²) >= 11 is 0. The van der Waals surface area contributed by atoms with Crippen LogP contribution in [0.3, 0.4) is 0 Å². The second kappa shape index (κ2) is 3.35. The lowest BCUT2D eigenvalue weighted by molar-refractivity contribution is 0.147. The molecule has 2 aliphatic rings. The molecule has 2 nitrogen and oxygen atoms in total. The van der Waals surface area contributed by atoms with Crippen molar-refractivity contribution < 1.29 is 5.11 Å². The Bertz CT molecular complexity index is 160. The number of likely N-dealkylation sites (tertiary alicyclic amines) is 1. The van der Waals surface area contributed by atoms with Crippen molar-refractivity contribution in [3.05, 3.63) is 0 Å². The van der Waals surface area contributed by atoms with Crippen molar-refractivity contribution in [2.75, 3.05) is 13.1 Å². The van der Waals surface area contributed by atoms with Gasteiger partial charge in [0.25, 0.3) is 0 Å². The fourth-order valence-corrected chi connectivity index (χ4v) is 2.74. The first kappa shape index (κ1) is 8.52. The van der Waals surface area contributed by atoms with E-state index in [1.807, 2.05) is 0 Å². The zero-order valence-corrected chi connectivity index (χ0v) is 7.87. The van der Waals surface area contributed by atoms with Crippen LogP contribution in [0.5, 0.6) is 0 Å². The zero-order chi connectivity index (χ0) is 8.55. The molecule has 2 fully saturated rings. The second-order valence-corrected chi connectivity index (χ2v) is 4.41. The maximum Gasteiger partial charge on any atom is 0.0679 e. The lowest BCUT2D eigenvalue weighted by Crippen LogP contribution is -2.35. The van der Waals surface area contributed by atoms with Crippen LogP contribution >= 0.6 is 0 Å². The molecule has 1 saturated heterocycles. The van der Waals surface area contributed by atoms with Crippen molar-refractivity contribution in [2.45, 2.75) is 44.8 Å². The summed E-state index contributed by atoms with van der Waals surface area (Å²) in [6.45, 7) is 4.40. The van der Waals surface area contributed by atoms with E-state index < -0.39 is 0 Å². The number of aliphatic hydroxyl groups excluding tert-OH is 1. The van der Waals surface area contributed by atoms with Crippen LogP contribution in [0.1, 0.15) is 32.6 Å². The topological polar surface area (TPSA) is 23.5 Å². The zero-order valence-electron chi connectivity index (χ0n) is 7.87. The molecule has 1 N–H and O–H groups in total. The standard InChI is InChI=1S/C10H19NO/c1-8-3-2-4-10(8)11-6-5-9(12)7-11/h8-10,12H,2-7H2,1H3/t8?,9-,10?/m0/s1. The van der Waals surface area contributed by atoms with E-state index in [0.717, 1.165) is 31.5 Å². The molecule has 1 aliphatic heterocycles. The predicted molar refractivity (Wildman–Crippen MR) is 49.0 cm³/mol. The van der Waals surface area contributed by atoms with E-state index in [4.69, 9.17) is 0 Å². The average molecular weight is 169 g/mol. The van der Waals surface area contributed by atoms with Gasteiger partial charge < -0.3 is 5.11 Å². The van der Waals surface area contributed by atoms with Crippen LogP contribution in [-0.4, -0.2) is 35.2 Å². The van der Waals surface area contributed by atoms with Crippen molar-refractivity contribution in [2.24, 2.45) is 5.92 Å². The summed E-state index contributed by atoms with van der Waals surface area (Å²) in [7, 11) is 0. The summed E-state index contributed by atoms with van der Waals surface area (Å²) in [5, 5.41) is 9.40. The average Bonchev–Trinajstić information content (AvgIpc) is 2.58. The molecule has 0 amide bonds. The first-order valence-electron chi connectivity index (χ1n) is 5.19. The Morgan fingerprint density at radius 1 is 1.25 bits per heavy atom. The fraction of sp³-hybridized carbons (Fsp3) is 1.00. The molecule has 0 aromatic rings. The smallest absolute Gasteiger partial charge is 0.0679 e. The van der Waals surface area contributed by atoms with E-state index >= 15 is 0 Å². The van der Waals surface area contributed by atoms with E-state index in [9.17, 15) is 5.11 Å². The summed E-state index contributed by atoms with van der Waals surface area (Å²) in [6, 6.07) is 0.780. The van der Waals surface area contributed by atoms with Crippen molar-refractivity contribution >= 4 is 0 Å². The second-order valence-electron chi connectivity index (χ2n) is 4.41. The van der Waals surface area contributed by atoms with Gasteiger partial charge in [-0.25, -0.2) is 0 Å².